The van der Waals surface area contributed by atoms with Gasteiger partial charge in [0.2, 0.25) is 0 Å². The Hall–Kier alpha value is -0.983. The van der Waals surface area contributed by atoms with Crippen molar-refractivity contribution in [3.05, 3.63) is 12.2 Å². The van der Waals surface area contributed by atoms with Crippen molar-refractivity contribution in [3.63, 3.8) is 0 Å². The molecule has 0 spiro atoms. The van der Waals surface area contributed by atoms with Crippen molar-refractivity contribution in [1.82, 2.24) is 0 Å². The van der Waals surface area contributed by atoms with E-state index < -0.39 is 14.4 Å². The van der Waals surface area contributed by atoms with E-state index >= 15 is 0 Å². The monoisotopic (exact) mass is 342 g/mol. The average Bonchev–Trinajstić information content (AvgIpc) is 2.80. The Morgan fingerprint density at radius 1 is 1.39 bits per heavy atom. The number of esters is 1. The van der Waals surface area contributed by atoms with Gasteiger partial charge in [-0.25, -0.2) is 0 Å². The number of rotatable bonds is 7. The lowest BCUT2D eigenvalue weighted by molar-refractivity contribution is -0.141. The minimum Gasteiger partial charge on any atom is -0.469 e. The fourth-order valence-electron chi connectivity index (χ4n) is 2.04. The van der Waals surface area contributed by atoms with Gasteiger partial charge in [0.25, 0.3) is 0 Å². The van der Waals surface area contributed by atoms with E-state index in [4.69, 9.17) is 9.16 Å². The first-order valence-corrected chi connectivity index (χ1v) is 11.0. The highest BCUT2D eigenvalue weighted by Gasteiger charge is 2.37. The number of ether oxygens (including phenoxy) is 2. The highest BCUT2D eigenvalue weighted by molar-refractivity contribution is 6.74. The van der Waals surface area contributed by atoms with E-state index in [1.54, 1.807) is 0 Å². The summed E-state index contributed by atoms with van der Waals surface area (Å²) in [5, 5.41) is 0.180. The topological polar surface area (TPSA) is 61.8 Å². The second-order valence-corrected chi connectivity index (χ2v) is 12.3. The van der Waals surface area contributed by atoms with Crippen molar-refractivity contribution >= 4 is 20.1 Å². The van der Waals surface area contributed by atoms with Gasteiger partial charge in [0.15, 0.2) is 14.1 Å². The number of Topliss-reactive ketones (excluding diaryl/α,β-unsaturated/α-hetero) is 1. The zero-order valence-corrected chi connectivity index (χ0v) is 16.2. The van der Waals surface area contributed by atoms with E-state index in [0.29, 0.717) is 19.4 Å². The van der Waals surface area contributed by atoms with E-state index in [0.717, 1.165) is 0 Å². The van der Waals surface area contributed by atoms with Crippen LogP contribution >= 0.6 is 0 Å². The fourth-order valence-corrected chi connectivity index (χ4v) is 2.98. The number of carbonyl (C=O) groups is 2. The molecule has 0 amide bonds. The molecule has 6 heteroatoms. The van der Waals surface area contributed by atoms with Gasteiger partial charge in [0.05, 0.1) is 19.8 Å². The van der Waals surface area contributed by atoms with Gasteiger partial charge in [-0.2, -0.15) is 0 Å². The van der Waals surface area contributed by atoms with Crippen LogP contribution < -0.4 is 0 Å². The molecule has 0 unspecified atom stereocenters. The standard InChI is InChI=1S/C17H30O5Si/c1-17(2,3)23(5,6)21-11-7-8-13-12-14(18)15(22-13)9-10-16(19)20-4/h7-8,13,15H,9-12H2,1-6H3/b8-7+/t13-,15+/m1/s1. The van der Waals surface area contributed by atoms with Crippen molar-refractivity contribution in [2.24, 2.45) is 0 Å². The largest absolute Gasteiger partial charge is 0.469 e. The Labute approximate surface area is 140 Å². The normalized spacial score (nSPS) is 22.8. The first-order chi connectivity index (χ1) is 10.6. The molecule has 23 heavy (non-hydrogen) atoms. The Morgan fingerprint density at radius 2 is 2.04 bits per heavy atom. The first-order valence-electron chi connectivity index (χ1n) is 8.12. The number of methoxy groups -OCH3 is 1. The third kappa shape index (κ3) is 6.20. The van der Waals surface area contributed by atoms with Gasteiger partial charge >= 0.3 is 5.97 Å². The lowest BCUT2D eigenvalue weighted by Gasteiger charge is -2.35. The third-order valence-electron chi connectivity index (χ3n) is 4.64. The maximum absolute atomic E-state index is 11.9. The maximum atomic E-state index is 11.9. The van der Waals surface area contributed by atoms with Crippen LogP contribution in [-0.4, -0.2) is 46.0 Å². The molecule has 0 saturated carbocycles. The number of ketones is 1. The molecule has 0 aromatic carbocycles. The number of hydrogen-bond acceptors (Lipinski definition) is 5. The molecule has 1 aliphatic rings. The molecule has 0 bridgehead atoms. The predicted molar refractivity (Wildman–Crippen MR) is 91.8 cm³/mol. The Kier molecular flexibility index (Phi) is 7.17. The number of hydrogen-bond donors (Lipinski definition) is 0. The maximum Gasteiger partial charge on any atom is 0.305 e. The van der Waals surface area contributed by atoms with Crippen LogP contribution in [0.5, 0.6) is 0 Å². The van der Waals surface area contributed by atoms with E-state index in [-0.39, 0.29) is 29.3 Å². The summed E-state index contributed by atoms with van der Waals surface area (Å²) < 4.78 is 16.3. The second kappa shape index (κ2) is 8.21. The highest BCUT2D eigenvalue weighted by Crippen LogP contribution is 2.36. The Morgan fingerprint density at radius 3 is 2.61 bits per heavy atom. The first kappa shape index (κ1) is 20.1. The van der Waals surface area contributed by atoms with E-state index in [1.165, 1.54) is 7.11 Å². The summed E-state index contributed by atoms with van der Waals surface area (Å²) in [4.78, 5) is 23.0. The van der Waals surface area contributed by atoms with Gasteiger partial charge in [-0.15, -0.1) is 0 Å². The zero-order chi connectivity index (χ0) is 17.7. The van der Waals surface area contributed by atoms with Crippen molar-refractivity contribution < 1.29 is 23.5 Å². The summed E-state index contributed by atoms with van der Waals surface area (Å²) in [6, 6.07) is 0. The summed E-state index contributed by atoms with van der Waals surface area (Å²) >= 11 is 0. The van der Waals surface area contributed by atoms with Crippen molar-refractivity contribution in [2.75, 3.05) is 13.7 Å². The van der Waals surface area contributed by atoms with Crippen LogP contribution in [0, 0.1) is 0 Å². The molecular weight excluding hydrogens is 312 g/mol. The minimum atomic E-state index is -1.75. The average molecular weight is 343 g/mol. The molecule has 0 aromatic rings. The van der Waals surface area contributed by atoms with Crippen LogP contribution in [0.15, 0.2) is 12.2 Å². The van der Waals surface area contributed by atoms with Gasteiger partial charge in [0.1, 0.15) is 6.10 Å². The van der Waals surface area contributed by atoms with Gasteiger partial charge in [-0.3, -0.25) is 9.59 Å². The molecule has 5 nitrogen and oxygen atoms in total. The molecule has 0 aliphatic carbocycles. The molecule has 1 saturated heterocycles. The van der Waals surface area contributed by atoms with E-state index in [9.17, 15) is 9.59 Å². The van der Waals surface area contributed by atoms with Crippen molar-refractivity contribution in [2.45, 2.75) is 70.4 Å². The Balaban J connectivity index is 2.39. The second-order valence-electron chi connectivity index (χ2n) is 7.45. The van der Waals surface area contributed by atoms with Crippen LogP contribution in [0.25, 0.3) is 0 Å². The van der Waals surface area contributed by atoms with E-state index in [1.807, 2.05) is 12.2 Å². The van der Waals surface area contributed by atoms with E-state index in [2.05, 4.69) is 38.6 Å². The van der Waals surface area contributed by atoms with Crippen LogP contribution in [-0.2, 0) is 23.5 Å². The van der Waals surface area contributed by atoms with Gasteiger partial charge < -0.3 is 13.9 Å². The molecule has 1 rings (SSSR count). The molecule has 1 fully saturated rings. The summed E-state index contributed by atoms with van der Waals surface area (Å²) in [7, 11) is -0.408. The quantitative estimate of drug-likeness (QED) is 0.404. The molecule has 1 aliphatic heterocycles. The molecule has 2 atom stereocenters. The smallest absolute Gasteiger partial charge is 0.305 e. The van der Waals surface area contributed by atoms with Crippen molar-refractivity contribution in [1.29, 1.82) is 0 Å². The third-order valence-corrected chi connectivity index (χ3v) is 9.14. The highest BCUT2D eigenvalue weighted by atomic mass is 28.4. The SMILES string of the molecule is COC(=O)CC[C@@H]1O[C@H](/C=C/CO[Si](C)(C)C(C)(C)C)CC1=O. The fraction of sp³-hybridized carbons (Fsp3) is 0.765. The molecule has 132 valence electrons. The molecule has 1 heterocycles. The minimum absolute atomic E-state index is 0.0499. The molecule has 0 radical (unpaired) electrons. The van der Waals surface area contributed by atoms with Crippen LogP contribution in [0.4, 0.5) is 0 Å². The summed E-state index contributed by atoms with van der Waals surface area (Å²) in [6.45, 7) is 11.6. The summed E-state index contributed by atoms with van der Waals surface area (Å²) in [5.41, 5.74) is 0. The van der Waals surface area contributed by atoms with Gasteiger partial charge in [-0.05, 0) is 24.6 Å². The lowest BCUT2D eigenvalue weighted by atomic mass is 10.1. The zero-order valence-electron chi connectivity index (χ0n) is 15.2. The van der Waals surface area contributed by atoms with Crippen LogP contribution in [0.2, 0.25) is 18.1 Å². The lowest BCUT2D eigenvalue weighted by Crippen LogP contribution is -2.40. The van der Waals surface area contributed by atoms with Gasteiger partial charge in [0, 0.05) is 12.8 Å². The van der Waals surface area contributed by atoms with Gasteiger partial charge in [-0.1, -0.05) is 32.9 Å². The molecule has 0 N–H and O–H groups in total. The summed E-state index contributed by atoms with van der Waals surface area (Å²) in [5.74, 6) is -0.267. The van der Waals surface area contributed by atoms with Crippen LogP contribution in [0.3, 0.4) is 0 Å². The molecular formula is C17H30O5Si. The molecule has 0 aromatic heterocycles. The van der Waals surface area contributed by atoms with Crippen LogP contribution in [0.1, 0.15) is 40.0 Å². The summed E-state index contributed by atoms with van der Waals surface area (Å²) in [6.07, 6.45) is 4.07. The number of carbonyl (C=O) groups excluding carboxylic acids is 2. The predicted octanol–water partition coefficient (Wildman–Crippen LogP) is 3.24. The Bertz CT molecular complexity index is 450. The van der Waals surface area contributed by atoms with Crippen molar-refractivity contribution in [3.8, 4) is 0 Å².